The number of nitrogens with zero attached hydrogens (tertiary/aromatic N) is 2. The van der Waals surface area contributed by atoms with Crippen molar-refractivity contribution in [1.82, 2.24) is 9.55 Å². The SMILES string of the molecule is CC(C)(C)c1ccc(NC(=O)Nc2c3ccccc3nc(=O)n2CC2CCCO2)cc1. The summed E-state index contributed by atoms with van der Waals surface area (Å²) in [5, 5.41) is 6.44. The van der Waals surface area contributed by atoms with Crippen molar-refractivity contribution in [1.29, 1.82) is 0 Å². The van der Waals surface area contributed by atoms with Gasteiger partial charge in [0.05, 0.1) is 18.2 Å². The van der Waals surface area contributed by atoms with Gasteiger partial charge < -0.3 is 10.1 Å². The van der Waals surface area contributed by atoms with Gasteiger partial charge in [0.1, 0.15) is 5.82 Å². The third-order valence-corrected chi connectivity index (χ3v) is 5.53. The Labute approximate surface area is 181 Å². The molecular weight excluding hydrogens is 392 g/mol. The summed E-state index contributed by atoms with van der Waals surface area (Å²) in [7, 11) is 0. The van der Waals surface area contributed by atoms with Crippen molar-refractivity contribution in [3.63, 3.8) is 0 Å². The fourth-order valence-corrected chi connectivity index (χ4v) is 3.80. The number of aromatic nitrogens is 2. The number of carbonyl (C=O) groups excluding carboxylic acids is 1. The summed E-state index contributed by atoms with van der Waals surface area (Å²) in [6, 6.07) is 14.6. The lowest BCUT2D eigenvalue weighted by atomic mass is 9.87. The Morgan fingerprint density at radius 3 is 2.55 bits per heavy atom. The monoisotopic (exact) mass is 420 g/mol. The molecule has 162 valence electrons. The third-order valence-electron chi connectivity index (χ3n) is 5.53. The van der Waals surface area contributed by atoms with Crippen LogP contribution in [-0.2, 0) is 16.7 Å². The van der Waals surface area contributed by atoms with E-state index in [1.807, 2.05) is 42.5 Å². The molecule has 4 rings (SSSR count). The van der Waals surface area contributed by atoms with E-state index >= 15 is 0 Å². The molecule has 1 aliphatic rings. The molecule has 2 heterocycles. The van der Waals surface area contributed by atoms with E-state index in [0.29, 0.717) is 35.6 Å². The second kappa shape index (κ2) is 8.51. The van der Waals surface area contributed by atoms with Crippen LogP contribution in [0.4, 0.5) is 16.3 Å². The maximum absolute atomic E-state index is 12.8. The Balaban J connectivity index is 1.61. The maximum atomic E-state index is 12.8. The van der Waals surface area contributed by atoms with Gasteiger partial charge in [-0.3, -0.25) is 9.88 Å². The average Bonchev–Trinajstić information content (AvgIpc) is 3.23. The van der Waals surface area contributed by atoms with E-state index in [-0.39, 0.29) is 11.5 Å². The van der Waals surface area contributed by atoms with Crippen molar-refractivity contribution in [2.24, 2.45) is 0 Å². The average molecular weight is 421 g/mol. The highest BCUT2D eigenvalue weighted by Crippen LogP contribution is 2.25. The van der Waals surface area contributed by atoms with E-state index in [9.17, 15) is 9.59 Å². The van der Waals surface area contributed by atoms with Crippen LogP contribution in [0.5, 0.6) is 0 Å². The zero-order chi connectivity index (χ0) is 22.0. The minimum atomic E-state index is -0.416. The van der Waals surface area contributed by atoms with Crippen LogP contribution in [0.2, 0.25) is 0 Å². The van der Waals surface area contributed by atoms with Crippen molar-refractivity contribution in [3.8, 4) is 0 Å². The van der Waals surface area contributed by atoms with E-state index in [1.165, 1.54) is 10.1 Å². The van der Waals surface area contributed by atoms with Gasteiger partial charge in [-0.2, -0.15) is 4.98 Å². The van der Waals surface area contributed by atoms with Gasteiger partial charge in [-0.1, -0.05) is 45.0 Å². The van der Waals surface area contributed by atoms with Crippen molar-refractivity contribution in [3.05, 3.63) is 64.6 Å². The molecule has 0 spiro atoms. The number of ether oxygens (including phenoxy) is 1. The molecule has 2 N–H and O–H groups in total. The van der Waals surface area contributed by atoms with Crippen molar-refractivity contribution in [2.75, 3.05) is 17.2 Å². The minimum Gasteiger partial charge on any atom is -0.376 e. The number of rotatable bonds is 4. The molecule has 0 saturated carbocycles. The summed E-state index contributed by atoms with van der Waals surface area (Å²) in [6.07, 6.45) is 1.79. The Hall–Kier alpha value is -3.19. The second-order valence-corrected chi connectivity index (χ2v) is 8.91. The van der Waals surface area contributed by atoms with Crippen LogP contribution in [-0.4, -0.2) is 28.3 Å². The van der Waals surface area contributed by atoms with E-state index in [2.05, 4.69) is 36.4 Å². The number of amides is 2. The highest BCUT2D eigenvalue weighted by molar-refractivity contribution is 6.04. The number of benzene rings is 2. The van der Waals surface area contributed by atoms with Crippen LogP contribution in [0, 0.1) is 0 Å². The number of urea groups is 1. The lowest BCUT2D eigenvalue weighted by Gasteiger charge is -2.20. The Bertz CT molecular complexity index is 1140. The number of para-hydroxylation sites is 1. The summed E-state index contributed by atoms with van der Waals surface area (Å²) in [5.74, 6) is 0.426. The number of hydrogen-bond acceptors (Lipinski definition) is 4. The molecule has 3 aromatic rings. The highest BCUT2D eigenvalue weighted by Gasteiger charge is 2.21. The van der Waals surface area contributed by atoms with Crippen LogP contribution in [0.15, 0.2) is 53.3 Å². The minimum absolute atomic E-state index is 0.0368. The Morgan fingerprint density at radius 1 is 1.13 bits per heavy atom. The Morgan fingerprint density at radius 2 is 1.87 bits per heavy atom. The van der Waals surface area contributed by atoms with Crippen LogP contribution in [0.3, 0.4) is 0 Å². The van der Waals surface area contributed by atoms with Gasteiger partial charge >= 0.3 is 11.7 Å². The number of anilines is 2. The molecule has 31 heavy (non-hydrogen) atoms. The summed E-state index contributed by atoms with van der Waals surface area (Å²) >= 11 is 0. The summed E-state index contributed by atoms with van der Waals surface area (Å²) in [6.45, 7) is 7.47. The summed E-state index contributed by atoms with van der Waals surface area (Å²) in [4.78, 5) is 29.7. The molecule has 1 saturated heterocycles. The third kappa shape index (κ3) is 4.77. The normalized spacial score (nSPS) is 16.4. The van der Waals surface area contributed by atoms with Crippen molar-refractivity contribution in [2.45, 2.75) is 51.7 Å². The quantitative estimate of drug-likeness (QED) is 0.650. The van der Waals surface area contributed by atoms with Crippen LogP contribution >= 0.6 is 0 Å². The first kappa shape index (κ1) is 21.1. The van der Waals surface area contributed by atoms with E-state index < -0.39 is 11.7 Å². The number of carbonyl (C=O) groups is 1. The molecule has 2 aromatic carbocycles. The Kier molecular flexibility index (Phi) is 5.78. The van der Waals surface area contributed by atoms with E-state index in [4.69, 9.17) is 4.74 Å². The number of nitrogens with one attached hydrogen (secondary N) is 2. The first-order chi connectivity index (χ1) is 14.8. The molecule has 0 aliphatic carbocycles. The second-order valence-electron chi connectivity index (χ2n) is 8.91. The van der Waals surface area contributed by atoms with Gasteiger partial charge in [-0.05, 0) is 48.1 Å². The lowest BCUT2D eigenvalue weighted by molar-refractivity contribution is 0.0964. The van der Waals surface area contributed by atoms with Gasteiger partial charge in [0.25, 0.3) is 0 Å². The van der Waals surface area contributed by atoms with Crippen LogP contribution in [0.1, 0.15) is 39.2 Å². The van der Waals surface area contributed by atoms with Gasteiger partial charge in [0.15, 0.2) is 0 Å². The van der Waals surface area contributed by atoms with Crippen molar-refractivity contribution < 1.29 is 9.53 Å². The molecule has 7 heteroatoms. The molecule has 0 radical (unpaired) electrons. The predicted octanol–water partition coefficient (Wildman–Crippen LogP) is 4.52. The predicted molar refractivity (Wildman–Crippen MR) is 123 cm³/mol. The summed E-state index contributed by atoms with van der Waals surface area (Å²) in [5.41, 5.74) is 2.04. The lowest BCUT2D eigenvalue weighted by Crippen LogP contribution is -2.33. The first-order valence-electron chi connectivity index (χ1n) is 10.6. The highest BCUT2D eigenvalue weighted by atomic mass is 16.5. The van der Waals surface area contributed by atoms with Gasteiger partial charge in [-0.15, -0.1) is 0 Å². The molecule has 1 atom stereocenters. The smallest absolute Gasteiger partial charge is 0.349 e. The first-order valence-corrected chi connectivity index (χ1v) is 10.6. The molecule has 1 unspecified atom stereocenters. The van der Waals surface area contributed by atoms with Gasteiger partial charge in [0, 0.05) is 17.7 Å². The topological polar surface area (TPSA) is 85.3 Å². The standard InChI is InChI=1S/C24H28N4O3/c1-24(2,3)16-10-12-17(13-11-16)25-22(29)27-21-19-8-4-5-9-20(19)26-23(30)28(21)15-18-7-6-14-31-18/h4-5,8-13,18H,6-7,14-15H2,1-3H3,(H2,25,27,29). The molecule has 1 aliphatic heterocycles. The van der Waals surface area contributed by atoms with E-state index in [0.717, 1.165) is 12.8 Å². The molecule has 1 aromatic heterocycles. The molecule has 7 nitrogen and oxygen atoms in total. The number of hydrogen-bond donors (Lipinski definition) is 2. The zero-order valence-corrected chi connectivity index (χ0v) is 18.1. The maximum Gasteiger partial charge on any atom is 0.349 e. The summed E-state index contributed by atoms with van der Waals surface area (Å²) < 4.78 is 7.20. The zero-order valence-electron chi connectivity index (χ0n) is 18.1. The fraction of sp³-hybridized carbons (Fsp3) is 0.375. The molecule has 2 amide bonds. The fourth-order valence-electron chi connectivity index (χ4n) is 3.80. The van der Waals surface area contributed by atoms with E-state index in [1.54, 1.807) is 6.07 Å². The van der Waals surface area contributed by atoms with Gasteiger partial charge in [0.2, 0.25) is 0 Å². The molecule has 1 fully saturated rings. The van der Waals surface area contributed by atoms with Crippen LogP contribution in [0.25, 0.3) is 10.9 Å². The van der Waals surface area contributed by atoms with Crippen molar-refractivity contribution >= 4 is 28.4 Å². The van der Waals surface area contributed by atoms with Crippen LogP contribution < -0.4 is 16.3 Å². The molecule has 0 bridgehead atoms. The number of fused-ring (bicyclic) bond motifs is 1. The largest absolute Gasteiger partial charge is 0.376 e. The van der Waals surface area contributed by atoms with Gasteiger partial charge in [-0.25, -0.2) is 9.59 Å². The molecular formula is C24H28N4O3.